The van der Waals surface area contributed by atoms with E-state index in [4.69, 9.17) is 4.42 Å². The Morgan fingerprint density at radius 2 is 2.12 bits per heavy atom. The van der Waals surface area contributed by atoms with Gasteiger partial charge in [0, 0.05) is 32.6 Å². The molecule has 3 amide bonds. The van der Waals surface area contributed by atoms with E-state index < -0.39 is 0 Å². The Labute approximate surface area is 143 Å². The molecular weight excluding hydrogens is 306 g/mol. The Balaban J connectivity index is 1.68. The highest BCUT2D eigenvalue weighted by molar-refractivity contribution is 5.78. The van der Waals surface area contributed by atoms with Gasteiger partial charge in [0.25, 0.3) is 0 Å². The highest BCUT2D eigenvalue weighted by Crippen LogP contribution is 2.35. The largest absolute Gasteiger partial charge is 0.464 e. The molecule has 0 radical (unpaired) electrons. The molecule has 2 aliphatic rings. The minimum atomic E-state index is -0.0475. The Hall–Kier alpha value is -1.98. The minimum absolute atomic E-state index is 0.00889. The SMILES string of the molecule is Cc1ccc([C@@H]2C[C@H](C)CCN2C(=O)N[C@@H]2CCC(=O)N(C)C2)o1. The van der Waals surface area contributed by atoms with Gasteiger partial charge in [-0.2, -0.15) is 0 Å². The smallest absolute Gasteiger partial charge is 0.318 e. The number of amides is 3. The van der Waals surface area contributed by atoms with Crippen LogP contribution in [0.1, 0.15) is 50.2 Å². The van der Waals surface area contributed by atoms with Gasteiger partial charge in [-0.25, -0.2) is 4.79 Å². The van der Waals surface area contributed by atoms with Crippen LogP contribution in [0.4, 0.5) is 4.79 Å². The van der Waals surface area contributed by atoms with Crippen LogP contribution in [0.15, 0.2) is 16.5 Å². The molecule has 0 bridgehead atoms. The monoisotopic (exact) mass is 333 g/mol. The zero-order chi connectivity index (χ0) is 17.3. The van der Waals surface area contributed by atoms with E-state index in [-0.39, 0.29) is 24.0 Å². The van der Waals surface area contributed by atoms with Crippen molar-refractivity contribution in [3.05, 3.63) is 23.7 Å². The van der Waals surface area contributed by atoms with Crippen LogP contribution >= 0.6 is 0 Å². The Kier molecular flexibility index (Phi) is 4.83. The number of urea groups is 1. The van der Waals surface area contributed by atoms with Crippen LogP contribution in [-0.2, 0) is 4.79 Å². The maximum Gasteiger partial charge on any atom is 0.318 e. The van der Waals surface area contributed by atoms with Crippen LogP contribution in [0.3, 0.4) is 0 Å². The summed E-state index contributed by atoms with van der Waals surface area (Å²) >= 11 is 0. The third-order valence-corrected chi connectivity index (χ3v) is 5.17. The van der Waals surface area contributed by atoms with Crippen molar-refractivity contribution in [2.75, 3.05) is 20.1 Å². The van der Waals surface area contributed by atoms with E-state index in [0.29, 0.717) is 25.3 Å². The molecule has 2 fully saturated rings. The van der Waals surface area contributed by atoms with Crippen molar-refractivity contribution in [2.24, 2.45) is 5.92 Å². The molecule has 3 atom stereocenters. The lowest BCUT2D eigenvalue weighted by Crippen LogP contribution is -2.53. The highest BCUT2D eigenvalue weighted by atomic mass is 16.3. The van der Waals surface area contributed by atoms with E-state index in [0.717, 1.165) is 30.9 Å². The highest BCUT2D eigenvalue weighted by Gasteiger charge is 2.34. The molecule has 0 unspecified atom stereocenters. The number of rotatable bonds is 2. The zero-order valence-electron chi connectivity index (χ0n) is 14.7. The molecule has 1 N–H and O–H groups in total. The fraction of sp³-hybridized carbons (Fsp3) is 0.667. The number of carbonyl (C=O) groups excluding carboxylic acids is 2. The van der Waals surface area contributed by atoms with Gasteiger partial charge in [0.05, 0.1) is 6.04 Å². The van der Waals surface area contributed by atoms with Gasteiger partial charge in [-0.05, 0) is 44.2 Å². The van der Waals surface area contributed by atoms with Gasteiger partial charge in [0.2, 0.25) is 5.91 Å². The van der Waals surface area contributed by atoms with Crippen molar-refractivity contribution < 1.29 is 14.0 Å². The van der Waals surface area contributed by atoms with Crippen LogP contribution in [0.5, 0.6) is 0 Å². The fourth-order valence-corrected chi connectivity index (χ4v) is 3.67. The van der Waals surface area contributed by atoms with Crippen molar-refractivity contribution in [3.63, 3.8) is 0 Å². The number of nitrogens with one attached hydrogen (secondary N) is 1. The maximum absolute atomic E-state index is 12.8. The number of hydrogen-bond acceptors (Lipinski definition) is 3. The van der Waals surface area contributed by atoms with Crippen molar-refractivity contribution in [3.8, 4) is 0 Å². The first kappa shape index (κ1) is 16.9. The minimum Gasteiger partial charge on any atom is -0.464 e. The summed E-state index contributed by atoms with van der Waals surface area (Å²) < 4.78 is 5.80. The second-order valence-corrected chi connectivity index (χ2v) is 7.25. The normalized spacial score (nSPS) is 28.1. The number of carbonyl (C=O) groups is 2. The summed E-state index contributed by atoms with van der Waals surface area (Å²) in [5, 5.41) is 3.11. The van der Waals surface area contributed by atoms with E-state index >= 15 is 0 Å². The molecule has 0 saturated carbocycles. The van der Waals surface area contributed by atoms with Gasteiger partial charge in [-0.1, -0.05) is 6.92 Å². The van der Waals surface area contributed by atoms with E-state index in [9.17, 15) is 9.59 Å². The summed E-state index contributed by atoms with van der Waals surface area (Å²) in [4.78, 5) is 28.0. The predicted molar refractivity (Wildman–Crippen MR) is 90.5 cm³/mol. The summed E-state index contributed by atoms with van der Waals surface area (Å²) in [6.07, 6.45) is 3.14. The molecule has 24 heavy (non-hydrogen) atoms. The van der Waals surface area contributed by atoms with Crippen LogP contribution in [0.2, 0.25) is 0 Å². The Morgan fingerprint density at radius 3 is 2.79 bits per heavy atom. The first-order valence-electron chi connectivity index (χ1n) is 8.81. The molecule has 0 spiro atoms. The van der Waals surface area contributed by atoms with Crippen LogP contribution in [0, 0.1) is 12.8 Å². The third kappa shape index (κ3) is 3.57. The second-order valence-electron chi connectivity index (χ2n) is 7.25. The Morgan fingerprint density at radius 1 is 1.33 bits per heavy atom. The lowest BCUT2D eigenvalue weighted by atomic mass is 9.91. The molecule has 2 saturated heterocycles. The number of likely N-dealkylation sites (N-methyl/N-ethyl adjacent to an activating group) is 1. The molecule has 6 heteroatoms. The van der Waals surface area contributed by atoms with Gasteiger partial charge in [-0.15, -0.1) is 0 Å². The van der Waals surface area contributed by atoms with Crippen molar-refractivity contribution in [1.82, 2.24) is 15.1 Å². The molecule has 3 heterocycles. The van der Waals surface area contributed by atoms with Gasteiger partial charge in [0.15, 0.2) is 0 Å². The summed E-state index contributed by atoms with van der Waals surface area (Å²) in [5.41, 5.74) is 0. The van der Waals surface area contributed by atoms with Crippen LogP contribution < -0.4 is 5.32 Å². The molecule has 1 aromatic rings. The summed E-state index contributed by atoms with van der Waals surface area (Å²) in [6, 6.07) is 3.90. The lowest BCUT2D eigenvalue weighted by Gasteiger charge is -2.39. The van der Waals surface area contributed by atoms with Gasteiger partial charge >= 0.3 is 6.03 Å². The topological polar surface area (TPSA) is 65.8 Å². The van der Waals surface area contributed by atoms with Gasteiger partial charge in [-0.3, -0.25) is 4.79 Å². The standard InChI is InChI=1S/C18H27N3O3/c1-12-8-9-21(15(10-12)16-6-4-13(2)24-16)18(23)19-14-5-7-17(22)20(3)11-14/h4,6,12,14-15H,5,7-11H2,1-3H3,(H,19,23)/t12-,14-,15+/m1/s1. The average molecular weight is 333 g/mol. The van der Waals surface area contributed by atoms with Crippen molar-refractivity contribution >= 4 is 11.9 Å². The number of nitrogens with zero attached hydrogens (tertiary/aromatic N) is 2. The number of furan rings is 1. The average Bonchev–Trinajstić information content (AvgIpc) is 2.97. The molecule has 132 valence electrons. The molecule has 3 rings (SSSR count). The summed E-state index contributed by atoms with van der Waals surface area (Å²) in [7, 11) is 1.79. The summed E-state index contributed by atoms with van der Waals surface area (Å²) in [5.74, 6) is 2.46. The quantitative estimate of drug-likeness (QED) is 0.905. The first-order chi connectivity index (χ1) is 11.4. The van der Waals surface area contributed by atoms with Crippen LogP contribution in [-0.4, -0.2) is 47.9 Å². The molecule has 6 nitrogen and oxygen atoms in total. The molecule has 2 aliphatic heterocycles. The van der Waals surface area contributed by atoms with E-state index in [1.54, 1.807) is 11.9 Å². The zero-order valence-corrected chi connectivity index (χ0v) is 14.7. The number of hydrogen-bond donors (Lipinski definition) is 1. The molecule has 1 aromatic heterocycles. The van der Waals surface area contributed by atoms with E-state index in [1.807, 2.05) is 24.0 Å². The fourth-order valence-electron chi connectivity index (χ4n) is 3.67. The molecule has 0 aliphatic carbocycles. The lowest BCUT2D eigenvalue weighted by molar-refractivity contribution is -0.132. The van der Waals surface area contributed by atoms with Crippen LogP contribution in [0.25, 0.3) is 0 Å². The predicted octanol–water partition coefficient (Wildman–Crippen LogP) is 2.69. The van der Waals surface area contributed by atoms with E-state index in [1.165, 1.54) is 0 Å². The number of piperidine rings is 2. The summed E-state index contributed by atoms with van der Waals surface area (Å²) in [6.45, 7) is 5.47. The molecule has 0 aromatic carbocycles. The van der Waals surface area contributed by atoms with E-state index in [2.05, 4.69) is 12.2 Å². The number of aryl methyl sites for hydroxylation is 1. The second kappa shape index (κ2) is 6.87. The van der Waals surface area contributed by atoms with Gasteiger partial charge < -0.3 is 19.5 Å². The van der Waals surface area contributed by atoms with Gasteiger partial charge in [0.1, 0.15) is 11.5 Å². The number of likely N-dealkylation sites (tertiary alicyclic amines) is 2. The Bertz CT molecular complexity index is 612. The van der Waals surface area contributed by atoms with Crippen molar-refractivity contribution in [2.45, 2.75) is 51.6 Å². The third-order valence-electron chi connectivity index (χ3n) is 5.17. The first-order valence-corrected chi connectivity index (χ1v) is 8.81. The van der Waals surface area contributed by atoms with Crippen molar-refractivity contribution in [1.29, 1.82) is 0 Å². The maximum atomic E-state index is 12.8. The molecular formula is C18H27N3O3.